The first kappa shape index (κ1) is 14.9. The molecule has 0 aromatic heterocycles. The van der Waals surface area contributed by atoms with Gasteiger partial charge in [0.15, 0.2) is 11.5 Å². The Morgan fingerprint density at radius 3 is 2.67 bits per heavy atom. The van der Waals surface area contributed by atoms with Crippen LogP contribution in [0.25, 0.3) is 6.08 Å². The van der Waals surface area contributed by atoms with Crippen LogP contribution in [0.5, 0.6) is 17.2 Å². The van der Waals surface area contributed by atoms with E-state index in [0.717, 1.165) is 5.56 Å². The molecule has 4 nitrogen and oxygen atoms in total. The molecule has 0 saturated heterocycles. The van der Waals surface area contributed by atoms with Gasteiger partial charge in [-0.1, -0.05) is 18.2 Å². The molecule has 0 spiro atoms. The average Bonchev–Trinajstić information content (AvgIpc) is 2.48. The number of hydrogen-bond acceptors (Lipinski definition) is 4. The number of carbonyl (C=O) groups is 1. The highest BCUT2D eigenvalue weighted by Crippen LogP contribution is 2.25. The van der Waals surface area contributed by atoms with Crippen LogP contribution in [0.1, 0.15) is 11.1 Å². The third-order valence-corrected chi connectivity index (χ3v) is 2.99. The molecule has 0 aliphatic heterocycles. The van der Waals surface area contributed by atoms with Crippen LogP contribution in [0.3, 0.4) is 0 Å². The summed E-state index contributed by atoms with van der Waals surface area (Å²) in [6.45, 7) is 0. The maximum absolute atomic E-state index is 11.7. The molecule has 0 aliphatic carbocycles. The zero-order chi connectivity index (χ0) is 15.2. The van der Waals surface area contributed by atoms with Crippen LogP contribution >= 0.6 is 11.6 Å². The Hall–Kier alpha value is -2.46. The Bertz CT molecular complexity index is 680. The standard InChI is InChI=1S/C16H13ClO4/c17-10-12-2-1-3-13(8-12)21-16(20)7-5-11-4-6-14(18)15(19)9-11/h1-9,18-19H,10H2/b7-5+. The summed E-state index contributed by atoms with van der Waals surface area (Å²) in [4.78, 5) is 11.7. The van der Waals surface area contributed by atoms with E-state index in [4.69, 9.17) is 16.3 Å². The largest absolute Gasteiger partial charge is 0.504 e. The summed E-state index contributed by atoms with van der Waals surface area (Å²) in [5.74, 6) is -0.257. The number of rotatable bonds is 4. The van der Waals surface area contributed by atoms with Gasteiger partial charge in [-0.25, -0.2) is 4.79 Å². The summed E-state index contributed by atoms with van der Waals surface area (Å²) in [5.41, 5.74) is 1.42. The van der Waals surface area contributed by atoms with E-state index in [1.165, 1.54) is 24.3 Å². The van der Waals surface area contributed by atoms with E-state index in [1.54, 1.807) is 24.3 Å². The summed E-state index contributed by atoms with van der Waals surface area (Å²) in [6.07, 6.45) is 2.71. The Kier molecular flexibility index (Phi) is 4.85. The van der Waals surface area contributed by atoms with Crippen LogP contribution in [0.2, 0.25) is 0 Å². The van der Waals surface area contributed by atoms with Crippen molar-refractivity contribution >= 4 is 23.6 Å². The molecule has 0 amide bonds. The van der Waals surface area contributed by atoms with Gasteiger partial charge in [0.2, 0.25) is 0 Å². The molecule has 21 heavy (non-hydrogen) atoms. The minimum Gasteiger partial charge on any atom is -0.504 e. The first-order valence-corrected chi connectivity index (χ1v) is 6.69. The van der Waals surface area contributed by atoms with Crippen molar-refractivity contribution in [2.45, 2.75) is 5.88 Å². The molecule has 2 N–H and O–H groups in total. The molecule has 0 heterocycles. The lowest BCUT2D eigenvalue weighted by Crippen LogP contribution is -2.03. The molecule has 0 radical (unpaired) electrons. The van der Waals surface area contributed by atoms with Gasteiger partial charge in [-0.15, -0.1) is 11.6 Å². The number of alkyl halides is 1. The molecule has 0 bridgehead atoms. The Labute approximate surface area is 126 Å². The average molecular weight is 305 g/mol. The van der Waals surface area contributed by atoms with Crippen molar-refractivity contribution in [3.8, 4) is 17.2 Å². The molecule has 108 valence electrons. The maximum Gasteiger partial charge on any atom is 0.336 e. The van der Waals surface area contributed by atoms with Crippen LogP contribution in [0, 0.1) is 0 Å². The number of phenolic OH excluding ortho intramolecular Hbond substituents is 2. The maximum atomic E-state index is 11.7. The zero-order valence-corrected chi connectivity index (χ0v) is 11.7. The highest BCUT2D eigenvalue weighted by Gasteiger charge is 2.02. The third-order valence-electron chi connectivity index (χ3n) is 2.68. The van der Waals surface area contributed by atoms with Crippen LogP contribution in [0.4, 0.5) is 0 Å². The highest BCUT2D eigenvalue weighted by molar-refractivity contribution is 6.17. The number of phenols is 2. The van der Waals surface area contributed by atoms with Gasteiger partial charge in [0.1, 0.15) is 5.75 Å². The van der Waals surface area contributed by atoms with Gasteiger partial charge in [0.25, 0.3) is 0 Å². The Morgan fingerprint density at radius 2 is 1.95 bits per heavy atom. The second-order valence-electron chi connectivity index (χ2n) is 4.28. The monoisotopic (exact) mass is 304 g/mol. The second kappa shape index (κ2) is 6.81. The number of esters is 1. The van der Waals surface area contributed by atoms with E-state index < -0.39 is 5.97 Å². The number of aromatic hydroxyl groups is 2. The molecular weight excluding hydrogens is 292 g/mol. The first-order valence-electron chi connectivity index (χ1n) is 6.15. The second-order valence-corrected chi connectivity index (χ2v) is 4.55. The van der Waals surface area contributed by atoms with E-state index in [9.17, 15) is 15.0 Å². The Morgan fingerprint density at radius 1 is 1.14 bits per heavy atom. The van der Waals surface area contributed by atoms with Gasteiger partial charge in [-0.3, -0.25) is 0 Å². The fourth-order valence-corrected chi connectivity index (χ4v) is 1.82. The topological polar surface area (TPSA) is 66.8 Å². The normalized spacial score (nSPS) is 10.7. The molecule has 0 aliphatic rings. The smallest absolute Gasteiger partial charge is 0.336 e. The van der Waals surface area contributed by atoms with E-state index in [1.807, 2.05) is 6.07 Å². The number of hydrogen-bond donors (Lipinski definition) is 2. The lowest BCUT2D eigenvalue weighted by atomic mass is 10.2. The van der Waals surface area contributed by atoms with Crippen molar-refractivity contribution < 1.29 is 19.7 Å². The lowest BCUT2D eigenvalue weighted by Gasteiger charge is -2.03. The molecule has 5 heteroatoms. The van der Waals surface area contributed by atoms with Crippen molar-refractivity contribution in [1.29, 1.82) is 0 Å². The van der Waals surface area contributed by atoms with E-state index >= 15 is 0 Å². The van der Waals surface area contributed by atoms with Crippen LogP contribution < -0.4 is 4.74 Å². The van der Waals surface area contributed by atoms with Crippen molar-refractivity contribution in [1.82, 2.24) is 0 Å². The molecule has 0 fully saturated rings. The van der Waals surface area contributed by atoms with Crippen molar-refractivity contribution in [3.63, 3.8) is 0 Å². The third kappa shape index (κ3) is 4.26. The summed E-state index contributed by atoms with van der Waals surface area (Å²) in [7, 11) is 0. The number of ether oxygens (including phenoxy) is 1. The lowest BCUT2D eigenvalue weighted by molar-refractivity contribution is -0.128. The van der Waals surface area contributed by atoms with Crippen molar-refractivity contribution in [2.24, 2.45) is 0 Å². The highest BCUT2D eigenvalue weighted by atomic mass is 35.5. The predicted octanol–water partition coefficient (Wildman–Crippen LogP) is 3.46. The Balaban J connectivity index is 2.03. The molecule has 2 aromatic rings. The number of carbonyl (C=O) groups excluding carboxylic acids is 1. The zero-order valence-electron chi connectivity index (χ0n) is 11.0. The summed E-state index contributed by atoms with van der Waals surface area (Å²) in [5, 5.41) is 18.5. The van der Waals surface area contributed by atoms with Crippen LogP contribution in [0.15, 0.2) is 48.5 Å². The minimum absolute atomic E-state index is 0.215. The molecule has 2 aromatic carbocycles. The minimum atomic E-state index is -0.547. The molecule has 0 unspecified atom stereocenters. The van der Waals surface area contributed by atoms with Crippen molar-refractivity contribution in [3.05, 3.63) is 59.7 Å². The van der Waals surface area contributed by atoms with E-state index in [-0.39, 0.29) is 11.5 Å². The number of benzene rings is 2. The quantitative estimate of drug-likeness (QED) is 0.298. The molecule has 0 saturated carbocycles. The van der Waals surface area contributed by atoms with E-state index in [2.05, 4.69) is 0 Å². The van der Waals surface area contributed by atoms with E-state index in [0.29, 0.717) is 17.2 Å². The van der Waals surface area contributed by atoms with Gasteiger partial charge in [0.05, 0.1) is 0 Å². The molecule has 2 rings (SSSR count). The summed E-state index contributed by atoms with van der Waals surface area (Å²) in [6, 6.07) is 11.2. The van der Waals surface area contributed by atoms with Crippen LogP contribution in [-0.2, 0) is 10.7 Å². The van der Waals surface area contributed by atoms with Gasteiger partial charge in [-0.05, 0) is 41.5 Å². The van der Waals surface area contributed by atoms with Gasteiger partial charge < -0.3 is 14.9 Å². The van der Waals surface area contributed by atoms with Gasteiger partial charge in [0, 0.05) is 12.0 Å². The fraction of sp³-hybridized carbons (Fsp3) is 0.0625. The predicted molar refractivity (Wildman–Crippen MR) is 80.4 cm³/mol. The first-order chi connectivity index (χ1) is 10.1. The molecule has 0 atom stereocenters. The van der Waals surface area contributed by atoms with Gasteiger partial charge in [-0.2, -0.15) is 0 Å². The fourth-order valence-electron chi connectivity index (χ4n) is 1.65. The summed E-state index contributed by atoms with van der Waals surface area (Å²) >= 11 is 5.71. The SMILES string of the molecule is O=C(/C=C/c1ccc(O)c(O)c1)Oc1cccc(CCl)c1. The van der Waals surface area contributed by atoms with Gasteiger partial charge >= 0.3 is 5.97 Å². The van der Waals surface area contributed by atoms with Crippen molar-refractivity contribution in [2.75, 3.05) is 0 Å². The van der Waals surface area contributed by atoms with Crippen LogP contribution in [-0.4, -0.2) is 16.2 Å². The molecular formula is C16H13ClO4. The summed E-state index contributed by atoms with van der Waals surface area (Å²) < 4.78 is 5.14. The number of halogens is 1.